The van der Waals surface area contributed by atoms with E-state index < -0.39 is 5.82 Å². The normalized spacial score (nSPS) is 10.3. The number of amides is 1. The van der Waals surface area contributed by atoms with Gasteiger partial charge in [-0.25, -0.2) is 4.39 Å². The van der Waals surface area contributed by atoms with Crippen molar-refractivity contribution in [1.82, 2.24) is 9.88 Å². The lowest BCUT2D eigenvalue weighted by atomic mass is 10.1. The van der Waals surface area contributed by atoms with Crippen LogP contribution < -0.4 is 0 Å². The molecule has 19 heavy (non-hydrogen) atoms. The minimum atomic E-state index is -0.594. The van der Waals surface area contributed by atoms with Gasteiger partial charge in [0.2, 0.25) is 0 Å². The van der Waals surface area contributed by atoms with Gasteiger partial charge in [-0.05, 0) is 18.6 Å². The van der Waals surface area contributed by atoms with Crippen LogP contribution in [0, 0.1) is 12.7 Å². The van der Waals surface area contributed by atoms with Crippen LogP contribution in [0.25, 0.3) is 0 Å². The molecular formula is C15H15FN2O. The Morgan fingerprint density at radius 2 is 2.16 bits per heavy atom. The van der Waals surface area contributed by atoms with E-state index in [-0.39, 0.29) is 11.5 Å². The fourth-order valence-corrected chi connectivity index (χ4v) is 1.91. The van der Waals surface area contributed by atoms with Crippen molar-refractivity contribution in [2.45, 2.75) is 13.5 Å². The maximum atomic E-state index is 13.5. The smallest absolute Gasteiger partial charge is 0.256 e. The third-order valence-corrected chi connectivity index (χ3v) is 2.85. The van der Waals surface area contributed by atoms with E-state index in [1.165, 1.54) is 17.2 Å². The zero-order chi connectivity index (χ0) is 13.8. The standard InChI is InChI=1S/C15H15FN2O/c1-11-4-3-5-12(8-11)10-18(2)15(19)13-6-7-17-9-14(13)16/h3-9H,10H2,1-2H3. The summed E-state index contributed by atoms with van der Waals surface area (Å²) in [5.74, 6) is -0.940. The van der Waals surface area contributed by atoms with E-state index in [0.717, 1.165) is 17.3 Å². The van der Waals surface area contributed by atoms with Crippen molar-refractivity contribution in [1.29, 1.82) is 0 Å². The molecule has 2 aromatic rings. The Labute approximate surface area is 111 Å². The number of pyridine rings is 1. The third-order valence-electron chi connectivity index (χ3n) is 2.85. The minimum Gasteiger partial charge on any atom is -0.337 e. The van der Waals surface area contributed by atoms with Gasteiger partial charge in [0.1, 0.15) is 0 Å². The van der Waals surface area contributed by atoms with Gasteiger partial charge in [0, 0.05) is 19.8 Å². The van der Waals surface area contributed by atoms with E-state index in [4.69, 9.17) is 0 Å². The van der Waals surface area contributed by atoms with Crippen LogP contribution >= 0.6 is 0 Å². The lowest BCUT2D eigenvalue weighted by Gasteiger charge is -2.17. The molecule has 0 atom stereocenters. The molecule has 0 bridgehead atoms. The molecule has 4 heteroatoms. The van der Waals surface area contributed by atoms with Crippen molar-refractivity contribution in [2.75, 3.05) is 7.05 Å². The summed E-state index contributed by atoms with van der Waals surface area (Å²) < 4.78 is 13.5. The molecule has 98 valence electrons. The van der Waals surface area contributed by atoms with Crippen molar-refractivity contribution >= 4 is 5.91 Å². The number of carbonyl (C=O) groups is 1. The van der Waals surface area contributed by atoms with Gasteiger partial charge in [-0.15, -0.1) is 0 Å². The topological polar surface area (TPSA) is 33.2 Å². The Kier molecular flexibility index (Phi) is 3.90. The molecule has 0 saturated carbocycles. The molecule has 0 saturated heterocycles. The number of aryl methyl sites for hydroxylation is 1. The molecule has 1 aromatic carbocycles. The molecule has 0 spiro atoms. The largest absolute Gasteiger partial charge is 0.337 e. The highest BCUT2D eigenvalue weighted by Crippen LogP contribution is 2.11. The predicted molar refractivity (Wildman–Crippen MR) is 71.2 cm³/mol. The van der Waals surface area contributed by atoms with Crippen molar-refractivity contribution in [3.05, 3.63) is 65.2 Å². The Hall–Kier alpha value is -2.23. The Morgan fingerprint density at radius 3 is 2.84 bits per heavy atom. The van der Waals surface area contributed by atoms with Crippen LogP contribution in [0.5, 0.6) is 0 Å². The fourth-order valence-electron chi connectivity index (χ4n) is 1.91. The number of aromatic nitrogens is 1. The number of nitrogens with zero attached hydrogens (tertiary/aromatic N) is 2. The van der Waals surface area contributed by atoms with Gasteiger partial charge < -0.3 is 4.90 Å². The first-order chi connectivity index (χ1) is 9.08. The van der Waals surface area contributed by atoms with Gasteiger partial charge in [0.25, 0.3) is 5.91 Å². The number of benzene rings is 1. The highest BCUT2D eigenvalue weighted by molar-refractivity contribution is 5.94. The summed E-state index contributed by atoms with van der Waals surface area (Å²) in [6.45, 7) is 2.44. The summed E-state index contributed by atoms with van der Waals surface area (Å²) in [6, 6.07) is 9.28. The molecule has 0 radical (unpaired) electrons. The molecule has 2 rings (SSSR count). The van der Waals surface area contributed by atoms with Crippen molar-refractivity contribution < 1.29 is 9.18 Å². The quantitative estimate of drug-likeness (QED) is 0.848. The van der Waals surface area contributed by atoms with E-state index in [1.54, 1.807) is 7.05 Å². The second-order valence-electron chi connectivity index (χ2n) is 4.51. The highest BCUT2D eigenvalue weighted by atomic mass is 19.1. The van der Waals surface area contributed by atoms with E-state index >= 15 is 0 Å². The van der Waals surface area contributed by atoms with Gasteiger partial charge in [-0.1, -0.05) is 29.8 Å². The summed E-state index contributed by atoms with van der Waals surface area (Å²) in [5.41, 5.74) is 2.20. The van der Waals surface area contributed by atoms with Crippen LogP contribution in [0.1, 0.15) is 21.5 Å². The third kappa shape index (κ3) is 3.16. The second-order valence-corrected chi connectivity index (χ2v) is 4.51. The molecular weight excluding hydrogens is 243 g/mol. The molecule has 1 amide bonds. The number of hydrogen-bond acceptors (Lipinski definition) is 2. The lowest BCUT2D eigenvalue weighted by Crippen LogP contribution is -2.27. The average Bonchev–Trinajstić information content (AvgIpc) is 2.38. The summed E-state index contributed by atoms with van der Waals surface area (Å²) in [6.07, 6.45) is 2.46. The first kappa shape index (κ1) is 13.2. The molecule has 3 nitrogen and oxygen atoms in total. The first-order valence-electron chi connectivity index (χ1n) is 5.98. The number of rotatable bonds is 3. The van der Waals surface area contributed by atoms with Gasteiger partial charge in [0.05, 0.1) is 11.8 Å². The lowest BCUT2D eigenvalue weighted by molar-refractivity contribution is 0.0780. The van der Waals surface area contributed by atoms with Crippen LogP contribution in [0.4, 0.5) is 4.39 Å². The summed E-state index contributed by atoms with van der Waals surface area (Å²) in [5, 5.41) is 0. The van der Waals surface area contributed by atoms with Crippen LogP contribution in [0.2, 0.25) is 0 Å². The van der Waals surface area contributed by atoms with Crippen molar-refractivity contribution in [3.8, 4) is 0 Å². The molecule has 1 heterocycles. The monoisotopic (exact) mass is 258 g/mol. The maximum absolute atomic E-state index is 13.5. The molecule has 0 aliphatic carbocycles. The molecule has 0 unspecified atom stereocenters. The summed E-state index contributed by atoms with van der Waals surface area (Å²) >= 11 is 0. The van der Waals surface area contributed by atoms with Gasteiger partial charge >= 0.3 is 0 Å². The zero-order valence-corrected chi connectivity index (χ0v) is 10.9. The Bertz CT molecular complexity index is 598. The second kappa shape index (κ2) is 5.61. The van der Waals surface area contributed by atoms with E-state index in [9.17, 15) is 9.18 Å². The van der Waals surface area contributed by atoms with Gasteiger partial charge in [-0.2, -0.15) is 0 Å². The average molecular weight is 258 g/mol. The Morgan fingerprint density at radius 1 is 1.37 bits per heavy atom. The number of carbonyl (C=O) groups excluding carboxylic acids is 1. The van der Waals surface area contributed by atoms with E-state index in [0.29, 0.717) is 6.54 Å². The molecule has 1 aromatic heterocycles. The minimum absolute atomic E-state index is 0.0464. The molecule has 0 aliphatic heterocycles. The molecule has 0 fully saturated rings. The van der Waals surface area contributed by atoms with Crippen molar-refractivity contribution in [2.24, 2.45) is 0 Å². The Balaban J connectivity index is 2.14. The van der Waals surface area contributed by atoms with E-state index in [2.05, 4.69) is 4.98 Å². The SMILES string of the molecule is Cc1cccc(CN(C)C(=O)c2ccncc2F)c1. The molecule has 0 aliphatic rings. The van der Waals surface area contributed by atoms with Gasteiger partial charge in [0.15, 0.2) is 5.82 Å². The first-order valence-corrected chi connectivity index (χ1v) is 5.98. The van der Waals surface area contributed by atoms with Crippen LogP contribution in [-0.2, 0) is 6.54 Å². The van der Waals surface area contributed by atoms with Crippen LogP contribution in [0.15, 0.2) is 42.7 Å². The predicted octanol–water partition coefficient (Wildman–Crippen LogP) is 2.80. The van der Waals surface area contributed by atoms with Crippen molar-refractivity contribution in [3.63, 3.8) is 0 Å². The highest BCUT2D eigenvalue weighted by Gasteiger charge is 2.16. The maximum Gasteiger partial charge on any atom is 0.256 e. The summed E-state index contributed by atoms with van der Waals surface area (Å²) in [7, 11) is 1.66. The number of halogens is 1. The fraction of sp³-hybridized carbons (Fsp3) is 0.200. The summed E-state index contributed by atoms with van der Waals surface area (Å²) in [4.78, 5) is 17.2. The van der Waals surface area contributed by atoms with Crippen LogP contribution in [0.3, 0.4) is 0 Å². The van der Waals surface area contributed by atoms with Gasteiger partial charge in [-0.3, -0.25) is 9.78 Å². The van der Waals surface area contributed by atoms with Crippen LogP contribution in [-0.4, -0.2) is 22.8 Å². The van der Waals surface area contributed by atoms with E-state index in [1.807, 2.05) is 31.2 Å². The zero-order valence-electron chi connectivity index (χ0n) is 10.9. The number of hydrogen-bond donors (Lipinski definition) is 0. The molecule has 0 N–H and O–H groups in total.